The van der Waals surface area contributed by atoms with Gasteiger partial charge in [-0.3, -0.25) is 0 Å². The summed E-state index contributed by atoms with van der Waals surface area (Å²) in [5, 5.41) is 13.7. The van der Waals surface area contributed by atoms with Crippen LogP contribution in [0, 0.1) is 5.92 Å². The van der Waals surface area contributed by atoms with Crippen LogP contribution in [0.25, 0.3) is 11.0 Å². The minimum absolute atomic E-state index is 0. The average molecular weight is 375 g/mol. The highest BCUT2D eigenvalue weighted by Gasteiger charge is 2.22. The number of aromatic nitrogens is 2. The minimum Gasteiger partial charge on any atom is -0.392 e. The molecule has 0 radical (unpaired) electrons. The highest BCUT2D eigenvalue weighted by molar-refractivity contribution is 5.85. The number of aliphatic hydroxyl groups is 1. The number of hydrogen-bond donors (Lipinski definition) is 2. The highest BCUT2D eigenvalue weighted by atomic mass is 35.5. The van der Waals surface area contributed by atoms with Crippen LogP contribution in [0.5, 0.6) is 0 Å². The Morgan fingerprint density at radius 1 is 1.29 bits per heavy atom. The van der Waals surface area contributed by atoms with Gasteiger partial charge in [0.15, 0.2) is 0 Å². The molecular weight excluding hydrogens is 347 g/mol. The SMILES string of the molecule is CN(CCn1cnc2ccccc21)CC(O)C1CCNCC1.Cl.Cl. The second-order valence-corrected chi connectivity index (χ2v) is 6.34. The molecule has 1 aliphatic rings. The quantitative estimate of drug-likeness (QED) is 0.813. The number of rotatable bonds is 6. The zero-order valence-electron chi connectivity index (χ0n) is 14.1. The third-order valence-corrected chi connectivity index (χ3v) is 4.68. The van der Waals surface area contributed by atoms with Crippen molar-refractivity contribution in [3.05, 3.63) is 30.6 Å². The van der Waals surface area contributed by atoms with Crippen LogP contribution in [-0.4, -0.2) is 58.9 Å². The van der Waals surface area contributed by atoms with Crippen LogP contribution in [0.4, 0.5) is 0 Å². The number of fused-ring (bicyclic) bond motifs is 1. The topological polar surface area (TPSA) is 53.3 Å². The summed E-state index contributed by atoms with van der Waals surface area (Å²) in [6, 6.07) is 8.20. The van der Waals surface area contributed by atoms with Gasteiger partial charge in [0.25, 0.3) is 0 Å². The van der Waals surface area contributed by atoms with Crippen molar-refractivity contribution in [1.29, 1.82) is 0 Å². The van der Waals surface area contributed by atoms with E-state index in [1.165, 1.54) is 5.52 Å². The van der Waals surface area contributed by atoms with E-state index < -0.39 is 0 Å². The molecule has 1 unspecified atom stereocenters. The highest BCUT2D eigenvalue weighted by Crippen LogP contribution is 2.17. The summed E-state index contributed by atoms with van der Waals surface area (Å²) in [6.07, 6.45) is 3.86. The fourth-order valence-corrected chi connectivity index (χ4v) is 3.26. The number of piperidine rings is 1. The molecule has 136 valence electrons. The summed E-state index contributed by atoms with van der Waals surface area (Å²) in [6.45, 7) is 4.63. The number of imidazole rings is 1. The number of halogens is 2. The second kappa shape index (κ2) is 10.2. The summed E-state index contributed by atoms with van der Waals surface area (Å²) < 4.78 is 2.18. The van der Waals surface area contributed by atoms with Gasteiger partial charge in [-0.2, -0.15) is 0 Å². The van der Waals surface area contributed by atoms with Crippen LogP contribution in [0.3, 0.4) is 0 Å². The van der Waals surface area contributed by atoms with Crippen molar-refractivity contribution < 1.29 is 5.11 Å². The Morgan fingerprint density at radius 2 is 2.00 bits per heavy atom. The van der Waals surface area contributed by atoms with Crippen molar-refractivity contribution in [3.63, 3.8) is 0 Å². The lowest BCUT2D eigenvalue weighted by Crippen LogP contribution is -2.40. The zero-order valence-corrected chi connectivity index (χ0v) is 15.7. The van der Waals surface area contributed by atoms with E-state index in [0.717, 1.165) is 51.1 Å². The Balaban J connectivity index is 0.00000144. The van der Waals surface area contributed by atoms with Crippen molar-refractivity contribution in [2.45, 2.75) is 25.5 Å². The van der Waals surface area contributed by atoms with Gasteiger partial charge in [0.05, 0.1) is 23.5 Å². The zero-order chi connectivity index (χ0) is 15.4. The first-order chi connectivity index (χ1) is 10.7. The lowest BCUT2D eigenvalue weighted by atomic mass is 9.92. The van der Waals surface area contributed by atoms with E-state index in [0.29, 0.717) is 5.92 Å². The maximum Gasteiger partial charge on any atom is 0.0958 e. The molecule has 24 heavy (non-hydrogen) atoms. The fraction of sp³-hybridized carbons (Fsp3) is 0.588. The molecule has 2 heterocycles. The molecule has 3 rings (SSSR count). The molecule has 0 bridgehead atoms. The second-order valence-electron chi connectivity index (χ2n) is 6.34. The lowest BCUT2D eigenvalue weighted by Gasteiger charge is -2.30. The normalized spacial score (nSPS) is 16.6. The number of hydrogen-bond acceptors (Lipinski definition) is 4. The molecule has 0 saturated carbocycles. The van der Waals surface area contributed by atoms with Gasteiger partial charge >= 0.3 is 0 Å². The molecule has 1 atom stereocenters. The van der Waals surface area contributed by atoms with Crippen LogP contribution in [0.2, 0.25) is 0 Å². The van der Waals surface area contributed by atoms with Gasteiger partial charge < -0.3 is 19.9 Å². The summed E-state index contributed by atoms with van der Waals surface area (Å²) >= 11 is 0. The predicted octanol–water partition coefficient (Wildman–Crippen LogP) is 2.17. The molecule has 0 aliphatic carbocycles. The maximum absolute atomic E-state index is 10.4. The Morgan fingerprint density at radius 3 is 2.75 bits per heavy atom. The smallest absolute Gasteiger partial charge is 0.0958 e. The molecule has 1 saturated heterocycles. The van der Waals surface area contributed by atoms with E-state index in [9.17, 15) is 5.11 Å². The number of nitrogens with zero attached hydrogens (tertiary/aromatic N) is 3. The lowest BCUT2D eigenvalue weighted by molar-refractivity contribution is 0.0573. The van der Waals surface area contributed by atoms with Crippen molar-refractivity contribution in [3.8, 4) is 0 Å². The summed E-state index contributed by atoms with van der Waals surface area (Å²) in [5.74, 6) is 0.442. The van der Waals surface area contributed by atoms with Crippen LogP contribution in [-0.2, 0) is 6.54 Å². The monoisotopic (exact) mass is 374 g/mol. The average Bonchev–Trinajstić information content (AvgIpc) is 2.97. The maximum atomic E-state index is 10.4. The molecule has 1 fully saturated rings. The predicted molar refractivity (Wildman–Crippen MR) is 103 cm³/mol. The van der Waals surface area contributed by atoms with Crippen molar-refractivity contribution in [2.75, 3.05) is 33.2 Å². The summed E-state index contributed by atoms with van der Waals surface area (Å²) in [7, 11) is 2.09. The summed E-state index contributed by atoms with van der Waals surface area (Å²) in [4.78, 5) is 6.64. The van der Waals surface area contributed by atoms with E-state index in [-0.39, 0.29) is 30.9 Å². The molecule has 0 amide bonds. The first-order valence-corrected chi connectivity index (χ1v) is 8.21. The van der Waals surface area contributed by atoms with Gasteiger partial charge in [0, 0.05) is 19.6 Å². The number of aliphatic hydroxyl groups excluding tert-OH is 1. The third-order valence-electron chi connectivity index (χ3n) is 4.68. The van der Waals surface area contributed by atoms with E-state index in [2.05, 4.69) is 32.9 Å². The molecule has 1 aromatic heterocycles. The van der Waals surface area contributed by atoms with Crippen molar-refractivity contribution >= 4 is 35.8 Å². The minimum atomic E-state index is -0.216. The Labute approximate surface area is 156 Å². The number of para-hydroxylation sites is 2. The molecule has 2 N–H and O–H groups in total. The van der Waals surface area contributed by atoms with E-state index >= 15 is 0 Å². The molecule has 5 nitrogen and oxygen atoms in total. The fourth-order valence-electron chi connectivity index (χ4n) is 3.26. The van der Waals surface area contributed by atoms with Crippen molar-refractivity contribution in [2.24, 2.45) is 5.92 Å². The Bertz CT molecular complexity index is 601. The largest absolute Gasteiger partial charge is 0.392 e. The van der Waals surface area contributed by atoms with E-state index in [1.54, 1.807) is 0 Å². The van der Waals surface area contributed by atoms with Crippen LogP contribution in [0.15, 0.2) is 30.6 Å². The number of nitrogens with one attached hydrogen (secondary N) is 1. The van der Waals surface area contributed by atoms with Gasteiger partial charge in [-0.15, -0.1) is 24.8 Å². The van der Waals surface area contributed by atoms with Crippen molar-refractivity contribution in [1.82, 2.24) is 19.8 Å². The first-order valence-electron chi connectivity index (χ1n) is 8.21. The molecule has 0 spiro atoms. The van der Waals surface area contributed by atoms with Gasteiger partial charge in [-0.25, -0.2) is 4.98 Å². The standard InChI is InChI=1S/C17H26N4O.2ClH/c1-20(12-17(22)14-6-8-18-9-7-14)10-11-21-13-19-15-4-2-3-5-16(15)21;;/h2-5,13-14,17-18,22H,6-12H2,1H3;2*1H. The number of likely N-dealkylation sites (N-methyl/N-ethyl adjacent to an activating group) is 1. The first kappa shape index (κ1) is 21.2. The Hall–Kier alpha value is -0.850. The van der Waals surface area contributed by atoms with Gasteiger partial charge in [-0.05, 0) is 51.0 Å². The van der Waals surface area contributed by atoms with E-state index in [4.69, 9.17) is 0 Å². The molecule has 1 aliphatic heterocycles. The summed E-state index contributed by atoms with van der Waals surface area (Å²) in [5.41, 5.74) is 2.22. The van der Waals surface area contributed by atoms with Gasteiger partial charge in [0.2, 0.25) is 0 Å². The van der Waals surface area contributed by atoms with Gasteiger partial charge in [-0.1, -0.05) is 12.1 Å². The Kier molecular flexibility index (Phi) is 9.02. The molecular formula is C17H28Cl2N4O. The number of benzene rings is 1. The molecule has 7 heteroatoms. The van der Waals surface area contributed by atoms with Crippen LogP contribution < -0.4 is 5.32 Å². The van der Waals surface area contributed by atoms with Crippen LogP contribution in [0.1, 0.15) is 12.8 Å². The van der Waals surface area contributed by atoms with Gasteiger partial charge in [0.1, 0.15) is 0 Å². The molecule has 2 aromatic rings. The van der Waals surface area contributed by atoms with Crippen LogP contribution >= 0.6 is 24.8 Å². The third kappa shape index (κ3) is 5.33. The van der Waals surface area contributed by atoms with E-state index in [1.807, 2.05) is 24.5 Å². The molecule has 1 aromatic carbocycles.